The van der Waals surface area contributed by atoms with E-state index in [4.69, 9.17) is 9.47 Å². The molecule has 1 aromatic rings. The van der Waals surface area contributed by atoms with Gasteiger partial charge in [-0.25, -0.2) is 9.59 Å². The maximum Gasteiger partial charge on any atom is 0.338 e. The number of nitro groups is 1. The van der Waals surface area contributed by atoms with Gasteiger partial charge >= 0.3 is 11.9 Å². The number of benzene rings is 1. The molecule has 11 nitrogen and oxygen atoms in total. The molecular formula is C24H27NO10. The third-order valence-electron chi connectivity index (χ3n) is 5.15. The first kappa shape index (κ1) is 29.1. The fraction of sp³-hybridized carbons (Fsp3) is 0.333. The lowest BCUT2D eigenvalue weighted by Gasteiger charge is -2.45. The van der Waals surface area contributed by atoms with E-state index in [1.165, 1.54) is 20.8 Å². The van der Waals surface area contributed by atoms with Gasteiger partial charge in [0.25, 0.3) is 5.69 Å². The van der Waals surface area contributed by atoms with Gasteiger partial charge in [0.15, 0.2) is 0 Å². The summed E-state index contributed by atoms with van der Waals surface area (Å²) in [6.45, 7) is 10.8. The summed E-state index contributed by atoms with van der Waals surface area (Å²) >= 11 is 0. The smallest absolute Gasteiger partial charge is 0.338 e. The standard InChI is InChI=1S/C24H27NO10/c1-14(2)19(28)24(20(29)15(3)4,35-21(30)16(5)6)23(11-26,12-27)13-34-22(31)17-7-9-18(10-8-17)25(32)33/h7-10,26-27H,1,3,5,11-13H2,2,4,6H3. The van der Waals surface area contributed by atoms with Crippen molar-refractivity contribution in [1.29, 1.82) is 0 Å². The van der Waals surface area contributed by atoms with E-state index in [0.29, 0.717) is 0 Å². The van der Waals surface area contributed by atoms with Crippen LogP contribution in [0.4, 0.5) is 5.69 Å². The predicted octanol–water partition coefficient (Wildman–Crippen LogP) is 1.87. The minimum Gasteiger partial charge on any atom is -0.461 e. The third-order valence-corrected chi connectivity index (χ3v) is 5.15. The molecule has 1 rings (SSSR count). The summed E-state index contributed by atoms with van der Waals surface area (Å²) in [5.74, 6) is -4.57. The van der Waals surface area contributed by atoms with Crippen molar-refractivity contribution in [3.8, 4) is 0 Å². The van der Waals surface area contributed by atoms with Crippen molar-refractivity contribution in [3.63, 3.8) is 0 Å². The SMILES string of the molecule is C=C(C)C(=O)OC(C(=O)C(=C)C)(C(=O)C(=C)C)C(CO)(CO)COC(=O)c1ccc([N+](=O)[O-])cc1. The first-order chi connectivity index (χ1) is 16.2. The molecule has 0 atom stereocenters. The van der Waals surface area contributed by atoms with Crippen molar-refractivity contribution in [2.24, 2.45) is 5.41 Å². The molecule has 11 heteroatoms. The number of nitro benzene ring substituents is 1. The molecule has 188 valence electrons. The summed E-state index contributed by atoms with van der Waals surface area (Å²) in [6.07, 6.45) is 0. The molecule has 0 spiro atoms. The molecule has 0 fully saturated rings. The number of aliphatic hydroxyl groups is 2. The molecule has 0 radical (unpaired) electrons. The Morgan fingerprint density at radius 2 is 1.37 bits per heavy atom. The maximum atomic E-state index is 13.4. The van der Waals surface area contributed by atoms with Gasteiger partial charge in [-0.1, -0.05) is 19.7 Å². The number of ketones is 2. The summed E-state index contributed by atoms with van der Waals surface area (Å²) in [6, 6.07) is 4.31. The normalized spacial score (nSPS) is 11.2. The lowest BCUT2D eigenvalue weighted by Crippen LogP contribution is -2.67. The molecule has 0 heterocycles. The summed E-state index contributed by atoms with van der Waals surface area (Å²) in [5, 5.41) is 31.4. The van der Waals surface area contributed by atoms with Crippen LogP contribution in [-0.4, -0.2) is 64.1 Å². The summed E-state index contributed by atoms with van der Waals surface area (Å²) < 4.78 is 10.5. The van der Waals surface area contributed by atoms with Gasteiger partial charge in [0.2, 0.25) is 17.2 Å². The van der Waals surface area contributed by atoms with Crippen LogP contribution in [0.25, 0.3) is 0 Å². The van der Waals surface area contributed by atoms with E-state index in [2.05, 4.69) is 19.7 Å². The number of rotatable bonds is 13. The quantitative estimate of drug-likeness (QED) is 0.137. The van der Waals surface area contributed by atoms with Gasteiger partial charge in [-0.2, -0.15) is 0 Å². The maximum absolute atomic E-state index is 13.4. The van der Waals surface area contributed by atoms with Crippen LogP contribution in [0.15, 0.2) is 60.7 Å². The fourth-order valence-corrected chi connectivity index (χ4v) is 3.08. The monoisotopic (exact) mass is 489 g/mol. The zero-order valence-electron chi connectivity index (χ0n) is 19.7. The molecule has 1 aromatic carbocycles. The van der Waals surface area contributed by atoms with Gasteiger partial charge in [0.05, 0.1) is 23.7 Å². The van der Waals surface area contributed by atoms with Gasteiger partial charge in [-0.3, -0.25) is 19.7 Å². The van der Waals surface area contributed by atoms with Crippen LogP contribution in [0.1, 0.15) is 31.1 Å². The molecule has 0 aliphatic heterocycles. The van der Waals surface area contributed by atoms with E-state index < -0.39 is 59.3 Å². The fourth-order valence-electron chi connectivity index (χ4n) is 3.08. The van der Waals surface area contributed by atoms with Crippen LogP contribution in [0.3, 0.4) is 0 Å². The molecule has 0 bridgehead atoms. The van der Waals surface area contributed by atoms with Gasteiger partial charge in [0.1, 0.15) is 12.0 Å². The van der Waals surface area contributed by atoms with Crippen LogP contribution in [-0.2, 0) is 23.9 Å². The number of aliphatic hydroxyl groups excluding tert-OH is 2. The van der Waals surface area contributed by atoms with E-state index >= 15 is 0 Å². The highest BCUT2D eigenvalue weighted by Crippen LogP contribution is 2.41. The highest BCUT2D eigenvalue weighted by molar-refractivity contribution is 6.23. The average Bonchev–Trinajstić information content (AvgIpc) is 2.82. The minimum absolute atomic E-state index is 0.137. The molecule has 35 heavy (non-hydrogen) atoms. The number of nitrogens with zero attached hydrogens (tertiary/aromatic N) is 1. The van der Waals surface area contributed by atoms with Crippen molar-refractivity contribution in [2.75, 3.05) is 19.8 Å². The van der Waals surface area contributed by atoms with Crippen molar-refractivity contribution < 1.29 is 43.8 Å². The Hall–Kier alpha value is -3.96. The summed E-state index contributed by atoms with van der Waals surface area (Å²) in [7, 11) is 0. The Kier molecular flexibility index (Phi) is 9.51. The van der Waals surface area contributed by atoms with Crippen LogP contribution in [0, 0.1) is 15.5 Å². The Morgan fingerprint density at radius 3 is 1.71 bits per heavy atom. The highest BCUT2D eigenvalue weighted by Gasteiger charge is 2.65. The molecule has 0 aromatic heterocycles. The lowest BCUT2D eigenvalue weighted by atomic mass is 9.65. The zero-order chi connectivity index (χ0) is 27.1. The second kappa shape index (κ2) is 11.4. The number of Topliss-reactive ketones (excluding diaryl/α,β-unsaturated/α-hetero) is 2. The lowest BCUT2D eigenvalue weighted by molar-refractivity contribution is -0.384. The highest BCUT2D eigenvalue weighted by atomic mass is 16.6. The Morgan fingerprint density at radius 1 is 0.914 bits per heavy atom. The number of carbonyl (C=O) groups excluding carboxylic acids is 4. The van der Waals surface area contributed by atoms with Gasteiger partial charge in [-0.15, -0.1) is 0 Å². The van der Waals surface area contributed by atoms with Gasteiger partial charge in [-0.05, 0) is 44.1 Å². The number of ether oxygens (including phenoxy) is 2. The number of hydrogen-bond donors (Lipinski definition) is 2. The second-order valence-corrected chi connectivity index (χ2v) is 8.05. The molecule has 0 aliphatic rings. The Balaban J connectivity index is 3.65. The molecule has 0 amide bonds. The number of carbonyl (C=O) groups is 4. The molecule has 0 unspecified atom stereocenters. The van der Waals surface area contributed by atoms with E-state index in [-0.39, 0.29) is 28.0 Å². The number of esters is 2. The molecule has 0 aliphatic carbocycles. The first-order valence-electron chi connectivity index (χ1n) is 10.1. The topological polar surface area (TPSA) is 170 Å². The van der Waals surface area contributed by atoms with Crippen molar-refractivity contribution >= 4 is 29.2 Å². The van der Waals surface area contributed by atoms with Crippen molar-refractivity contribution in [1.82, 2.24) is 0 Å². The minimum atomic E-state index is -2.90. The number of non-ortho nitro benzene ring substituents is 1. The zero-order valence-corrected chi connectivity index (χ0v) is 19.7. The molecule has 2 N–H and O–H groups in total. The van der Waals surface area contributed by atoms with E-state index in [1.54, 1.807) is 0 Å². The molecule has 0 saturated heterocycles. The van der Waals surface area contributed by atoms with E-state index in [1.807, 2.05) is 0 Å². The van der Waals surface area contributed by atoms with Crippen LogP contribution < -0.4 is 0 Å². The second-order valence-electron chi connectivity index (χ2n) is 8.05. The first-order valence-corrected chi connectivity index (χ1v) is 10.1. The number of hydrogen-bond acceptors (Lipinski definition) is 10. The van der Waals surface area contributed by atoms with E-state index in [9.17, 15) is 39.5 Å². The van der Waals surface area contributed by atoms with Gasteiger partial charge in [0, 0.05) is 17.7 Å². The predicted molar refractivity (Wildman–Crippen MR) is 123 cm³/mol. The molecular weight excluding hydrogens is 462 g/mol. The van der Waals surface area contributed by atoms with Crippen molar-refractivity contribution in [2.45, 2.75) is 26.4 Å². The Labute approximate surface area is 201 Å². The summed E-state index contributed by atoms with van der Waals surface area (Å²) in [5.41, 5.74) is -6.43. The molecule has 0 saturated carbocycles. The Bertz CT molecular complexity index is 1050. The van der Waals surface area contributed by atoms with Crippen LogP contribution in [0.5, 0.6) is 0 Å². The van der Waals surface area contributed by atoms with Gasteiger partial charge < -0.3 is 19.7 Å². The average molecular weight is 489 g/mol. The van der Waals surface area contributed by atoms with Crippen LogP contribution >= 0.6 is 0 Å². The summed E-state index contributed by atoms with van der Waals surface area (Å²) in [4.78, 5) is 62.0. The largest absolute Gasteiger partial charge is 0.461 e. The third kappa shape index (κ3) is 5.76. The van der Waals surface area contributed by atoms with Crippen LogP contribution in [0.2, 0.25) is 0 Å². The van der Waals surface area contributed by atoms with Crippen molar-refractivity contribution in [3.05, 3.63) is 76.4 Å². The van der Waals surface area contributed by atoms with E-state index in [0.717, 1.165) is 24.3 Å².